The number of carbonyl (C=O) groups excluding carboxylic acids is 2. The summed E-state index contributed by atoms with van der Waals surface area (Å²) in [4.78, 5) is 31.3. The number of halogens is 1. The molecule has 1 aliphatic carbocycles. The minimum atomic E-state index is -0.938. The molecule has 1 N–H and O–H groups in total. The fourth-order valence-corrected chi connectivity index (χ4v) is 4.92. The number of esters is 1. The Labute approximate surface area is 207 Å². The van der Waals surface area contributed by atoms with Crippen LogP contribution >= 0.6 is 11.6 Å². The zero-order chi connectivity index (χ0) is 24.5. The number of amides is 1. The van der Waals surface area contributed by atoms with Gasteiger partial charge in [0, 0.05) is 22.8 Å². The van der Waals surface area contributed by atoms with Gasteiger partial charge in [0.05, 0.1) is 25.6 Å². The maximum atomic E-state index is 13.4. The van der Waals surface area contributed by atoms with Gasteiger partial charge in [-0.3, -0.25) is 4.79 Å². The van der Waals surface area contributed by atoms with Crippen molar-refractivity contribution in [2.24, 2.45) is 0 Å². The van der Waals surface area contributed by atoms with Crippen molar-refractivity contribution in [1.82, 2.24) is 9.88 Å². The molecule has 2 atom stereocenters. The number of carbonyl (C=O) groups is 2. The Hall–Kier alpha value is -3.71. The van der Waals surface area contributed by atoms with Crippen LogP contribution in [-0.2, 0) is 16.0 Å². The van der Waals surface area contributed by atoms with Crippen molar-refractivity contribution in [2.45, 2.75) is 24.3 Å². The highest BCUT2D eigenvalue weighted by Crippen LogP contribution is 2.34. The second-order valence-corrected chi connectivity index (χ2v) is 9.02. The first-order valence-electron chi connectivity index (χ1n) is 11.4. The number of fused-ring (bicyclic) bond motifs is 3. The predicted molar refractivity (Wildman–Crippen MR) is 132 cm³/mol. The molecule has 1 aliphatic heterocycles. The molecule has 0 saturated heterocycles. The maximum absolute atomic E-state index is 13.4. The largest absolute Gasteiger partial charge is 0.497 e. The fourth-order valence-electron chi connectivity index (χ4n) is 4.71. The Morgan fingerprint density at radius 2 is 1.60 bits per heavy atom. The molecule has 7 nitrogen and oxygen atoms in total. The summed E-state index contributed by atoms with van der Waals surface area (Å²) in [6.07, 6.45) is 5.48. The first kappa shape index (κ1) is 23.1. The Balaban J connectivity index is 1.51. The van der Waals surface area contributed by atoms with Gasteiger partial charge in [0.25, 0.3) is 0 Å². The number of aromatic nitrogens is 1. The van der Waals surface area contributed by atoms with Crippen molar-refractivity contribution >= 4 is 35.6 Å². The van der Waals surface area contributed by atoms with Crippen LogP contribution in [0.4, 0.5) is 0 Å². The number of nitrogens with one attached hydrogen (secondary N) is 1. The summed E-state index contributed by atoms with van der Waals surface area (Å²) >= 11 is 6.40. The molecular weight excluding hydrogens is 468 g/mol. The Morgan fingerprint density at radius 3 is 2.26 bits per heavy atom. The number of methoxy groups -OCH3 is 2. The number of aromatic amines is 1. The average molecular weight is 493 g/mol. The molecule has 5 rings (SSSR count). The Morgan fingerprint density at radius 1 is 0.971 bits per heavy atom. The van der Waals surface area contributed by atoms with E-state index in [1.54, 1.807) is 43.4 Å². The minimum absolute atomic E-state index is 0.0685. The first-order valence-corrected chi connectivity index (χ1v) is 11.8. The summed E-state index contributed by atoms with van der Waals surface area (Å²) < 4.78 is 15.8. The van der Waals surface area contributed by atoms with Gasteiger partial charge in [0.15, 0.2) is 0 Å². The lowest BCUT2D eigenvalue weighted by molar-refractivity contribution is -0.155. The summed E-state index contributed by atoms with van der Waals surface area (Å²) in [7, 11) is 3.15. The number of alkyl halides is 1. The first-order chi connectivity index (χ1) is 17.0. The van der Waals surface area contributed by atoms with E-state index >= 15 is 0 Å². The lowest BCUT2D eigenvalue weighted by Gasteiger charge is -2.35. The molecule has 2 aliphatic rings. The maximum Gasteiger partial charge on any atom is 0.402 e. The second-order valence-electron chi connectivity index (χ2n) is 8.46. The molecule has 0 spiro atoms. The molecule has 0 fully saturated rings. The lowest BCUT2D eigenvalue weighted by atomic mass is 9.92. The van der Waals surface area contributed by atoms with Gasteiger partial charge in [-0.15, -0.1) is 11.6 Å². The van der Waals surface area contributed by atoms with E-state index in [9.17, 15) is 9.59 Å². The van der Waals surface area contributed by atoms with Gasteiger partial charge in [0.1, 0.15) is 17.2 Å². The SMILES string of the molecule is COc1ccc(OC(=O)C(=O)N2CCc3c([nH]c4c3=CC(Cl)CC=4)C2c2ccc(OC)cc2)cc1. The topological polar surface area (TPSA) is 80.9 Å². The molecule has 180 valence electrons. The molecule has 1 aromatic heterocycles. The molecule has 0 bridgehead atoms. The zero-order valence-corrected chi connectivity index (χ0v) is 20.2. The predicted octanol–water partition coefficient (Wildman–Crippen LogP) is 2.68. The number of rotatable bonds is 4. The van der Waals surface area contributed by atoms with Gasteiger partial charge in [-0.1, -0.05) is 24.3 Å². The summed E-state index contributed by atoms with van der Waals surface area (Å²) in [5.74, 6) is -0.0345. The smallest absolute Gasteiger partial charge is 0.402 e. The molecular formula is C27H25ClN2O5. The normalized spacial score (nSPS) is 18.4. The van der Waals surface area contributed by atoms with Crippen molar-refractivity contribution in [1.29, 1.82) is 0 Å². The highest BCUT2D eigenvalue weighted by molar-refractivity contribution is 6.33. The fraction of sp³-hybridized carbons (Fsp3) is 0.259. The average Bonchev–Trinajstić information content (AvgIpc) is 3.26. The summed E-state index contributed by atoms with van der Waals surface area (Å²) in [5.41, 5.74) is 2.86. The second kappa shape index (κ2) is 9.50. The van der Waals surface area contributed by atoms with Crippen LogP contribution in [0, 0.1) is 0 Å². The van der Waals surface area contributed by atoms with Crippen LogP contribution in [0.15, 0.2) is 48.5 Å². The minimum Gasteiger partial charge on any atom is -0.497 e. The van der Waals surface area contributed by atoms with E-state index in [1.807, 2.05) is 24.3 Å². The standard InChI is InChI=1S/C27H25ClN2O5/c1-33-18-6-3-16(4-7-18)25-24-21(22-15-17(28)5-12-23(22)29-24)13-14-30(25)26(31)27(32)35-20-10-8-19(34-2)9-11-20/h3-4,6-12,15,17,25,29H,5,13-14H2,1-2H3. The van der Waals surface area contributed by atoms with Crippen LogP contribution in [-0.4, -0.2) is 47.9 Å². The zero-order valence-electron chi connectivity index (χ0n) is 19.4. The van der Waals surface area contributed by atoms with E-state index in [1.165, 1.54) is 0 Å². The van der Waals surface area contributed by atoms with Crippen molar-refractivity contribution in [3.8, 4) is 17.2 Å². The Kier molecular flexibility index (Phi) is 6.26. The van der Waals surface area contributed by atoms with Crippen molar-refractivity contribution in [3.63, 3.8) is 0 Å². The van der Waals surface area contributed by atoms with E-state index in [0.717, 1.165) is 33.8 Å². The Bertz CT molecular complexity index is 1380. The van der Waals surface area contributed by atoms with E-state index in [0.29, 0.717) is 24.5 Å². The van der Waals surface area contributed by atoms with Gasteiger partial charge in [-0.2, -0.15) is 0 Å². The highest BCUT2D eigenvalue weighted by Gasteiger charge is 2.37. The molecule has 1 amide bonds. The van der Waals surface area contributed by atoms with Crippen LogP contribution in [0.1, 0.15) is 29.3 Å². The number of hydrogen-bond donors (Lipinski definition) is 1. The number of hydrogen-bond acceptors (Lipinski definition) is 5. The lowest BCUT2D eigenvalue weighted by Crippen LogP contribution is -2.46. The van der Waals surface area contributed by atoms with Gasteiger partial charge < -0.3 is 24.1 Å². The van der Waals surface area contributed by atoms with E-state index < -0.39 is 17.9 Å². The molecule has 2 unspecified atom stereocenters. The molecule has 0 radical (unpaired) electrons. The van der Waals surface area contributed by atoms with Crippen LogP contribution in [0.5, 0.6) is 17.2 Å². The van der Waals surface area contributed by atoms with Crippen LogP contribution in [0.3, 0.4) is 0 Å². The van der Waals surface area contributed by atoms with E-state index in [-0.39, 0.29) is 11.1 Å². The highest BCUT2D eigenvalue weighted by atomic mass is 35.5. The summed E-state index contributed by atoms with van der Waals surface area (Å²) in [5, 5.41) is 2.01. The molecule has 3 aromatic rings. The molecule has 35 heavy (non-hydrogen) atoms. The molecule has 0 saturated carbocycles. The van der Waals surface area contributed by atoms with Crippen molar-refractivity contribution < 1.29 is 23.8 Å². The van der Waals surface area contributed by atoms with E-state index in [2.05, 4.69) is 17.1 Å². The third-order valence-electron chi connectivity index (χ3n) is 6.43. The van der Waals surface area contributed by atoms with Gasteiger partial charge >= 0.3 is 11.9 Å². The van der Waals surface area contributed by atoms with Gasteiger partial charge in [-0.05, 0) is 60.4 Å². The third kappa shape index (κ3) is 4.39. The third-order valence-corrected chi connectivity index (χ3v) is 6.73. The van der Waals surface area contributed by atoms with Crippen molar-refractivity contribution in [3.05, 3.63) is 75.9 Å². The monoisotopic (exact) mass is 492 g/mol. The van der Waals surface area contributed by atoms with E-state index in [4.69, 9.17) is 25.8 Å². The summed E-state index contributed by atoms with van der Waals surface area (Å²) in [6.45, 7) is 0.366. The van der Waals surface area contributed by atoms with Crippen LogP contribution in [0.2, 0.25) is 0 Å². The molecule has 8 heteroatoms. The number of nitrogens with zero attached hydrogens (tertiary/aromatic N) is 1. The van der Waals surface area contributed by atoms with Crippen LogP contribution in [0.25, 0.3) is 12.2 Å². The number of benzene rings is 2. The van der Waals surface area contributed by atoms with Gasteiger partial charge in [-0.25, -0.2) is 4.79 Å². The quantitative estimate of drug-likeness (QED) is 0.262. The summed E-state index contributed by atoms with van der Waals surface area (Å²) in [6, 6.07) is 13.5. The number of H-pyrrole nitrogens is 1. The number of ether oxygens (including phenoxy) is 3. The van der Waals surface area contributed by atoms with Gasteiger partial charge in [0.2, 0.25) is 0 Å². The molecule has 2 aromatic carbocycles. The van der Waals surface area contributed by atoms with Crippen molar-refractivity contribution in [2.75, 3.05) is 20.8 Å². The molecule has 2 heterocycles. The van der Waals surface area contributed by atoms with Crippen LogP contribution < -0.4 is 24.8 Å².